The zero-order chi connectivity index (χ0) is 15.7. The molecule has 0 spiro atoms. The molecule has 3 nitrogen and oxygen atoms in total. The van der Waals surface area contributed by atoms with Gasteiger partial charge >= 0.3 is 0 Å². The zero-order valence-corrected chi connectivity index (χ0v) is 13.8. The van der Waals surface area contributed by atoms with E-state index >= 15 is 0 Å². The van der Waals surface area contributed by atoms with Gasteiger partial charge in [0.05, 0.1) is 0 Å². The fourth-order valence-corrected chi connectivity index (χ4v) is 3.32. The summed E-state index contributed by atoms with van der Waals surface area (Å²) < 4.78 is 6.21. The normalized spacial score (nSPS) is 19.4. The Balaban J connectivity index is 1.88. The van der Waals surface area contributed by atoms with Crippen LogP contribution in [0.1, 0.15) is 48.6 Å². The Morgan fingerprint density at radius 3 is 2.68 bits per heavy atom. The highest BCUT2D eigenvalue weighted by Crippen LogP contribution is 2.41. The molecule has 2 aromatic rings. The number of ether oxygens (including phenoxy) is 1. The van der Waals surface area contributed by atoms with Crippen LogP contribution in [0.5, 0.6) is 5.75 Å². The summed E-state index contributed by atoms with van der Waals surface area (Å²) in [6, 6.07) is 8.82. The summed E-state index contributed by atoms with van der Waals surface area (Å²) in [5, 5.41) is 3.70. The van der Waals surface area contributed by atoms with Crippen molar-refractivity contribution in [3.8, 4) is 5.75 Å². The lowest BCUT2D eigenvalue weighted by atomic mass is 9.86. The lowest BCUT2D eigenvalue weighted by Gasteiger charge is -2.39. The molecule has 3 rings (SSSR count). The monoisotopic (exact) mass is 296 g/mol. The van der Waals surface area contributed by atoms with E-state index in [0.29, 0.717) is 6.04 Å². The van der Waals surface area contributed by atoms with Crippen molar-refractivity contribution >= 4 is 0 Å². The maximum Gasteiger partial charge on any atom is 0.125 e. The van der Waals surface area contributed by atoms with E-state index in [1.165, 1.54) is 22.3 Å². The third-order valence-corrected chi connectivity index (χ3v) is 4.23. The number of aromatic nitrogens is 1. The minimum absolute atomic E-state index is 0.150. The van der Waals surface area contributed by atoms with Crippen molar-refractivity contribution in [2.24, 2.45) is 0 Å². The van der Waals surface area contributed by atoms with Crippen LogP contribution in [-0.2, 0) is 6.54 Å². The topological polar surface area (TPSA) is 34.1 Å². The van der Waals surface area contributed by atoms with Gasteiger partial charge in [0.15, 0.2) is 0 Å². The Kier molecular flexibility index (Phi) is 3.92. The number of rotatable bonds is 3. The zero-order valence-electron chi connectivity index (χ0n) is 13.8. The van der Waals surface area contributed by atoms with E-state index in [4.69, 9.17) is 4.74 Å². The van der Waals surface area contributed by atoms with Gasteiger partial charge in [-0.1, -0.05) is 6.07 Å². The summed E-state index contributed by atoms with van der Waals surface area (Å²) in [4.78, 5) is 4.08. The lowest BCUT2D eigenvalue weighted by Crippen LogP contribution is -2.39. The highest BCUT2D eigenvalue weighted by molar-refractivity contribution is 5.47. The first-order chi connectivity index (χ1) is 10.4. The van der Waals surface area contributed by atoms with Crippen LogP contribution in [-0.4, -0.2) is 10.6 Å². The Hall–Kier alpha value is -1.87. The van der Waals surface area contributed by atoms with Crippen LogP contribution >= 0.6 is 0 Å². The molecule has 0 saturated carbocycles. The number of nitrogens with one attached hydrogen (secondary N) is 1. The maximum atomic E-state index is 6.21. The molecule has 0 bridgehead atoms. The highest BCUT2D eigenvalue weighted by Gasteiger charge is 2.34. The van der Waals surface area contributed by atoms with Crippen molar-refractivity contribution < 1.29 is 4.74 Å². The second-order valence-corrected chi connectivity index (χ2v) is 6.85. The first-order valence-corrected chi connectivity index (χ1v) is 7.87. The Morgan fingerprint density at radius 1 is 1.23 bits per heavy atom. The summed E-state index contributed by atoms with van der Waals surface area (Å²) in [5.74, 6) is 1.03. The van der Waals surface area contributed by atoms with E-state index in [2.05, 4.69) is 62.3 Å². The molecule has 3 heteroatoms. The van der Waals surface area contributed by atoms with Crippen molar-refractivity contribution in [3.63, 3.8) is 0 Å². The van der Waals surface area contributed by atoms with Gasteiger partial charge in [-0.15, -0.1) is 0 Å². The Morgan fingerprint density at radius 2 is 1.95 bits per heavy atom. The molecule has 0 aliphatic carbocycles. The van der Waals surface area contributed by atoms with Crippen LogP contribution in [0.15, 0.2) is 36.7 Å². The third-order valence-electron chi connectivity index (χ3n) is 4.23. The van der Waals surface area contributed by atoms with Gasteiger partial charge < -0.3 is 10.1 Å². The van der Waals surface area contributed by atoms with Crippen molar-refractivity contribution in [2.45, 2.75) is 52.3 Å². The van der Waals surface area contributed by atoms with E-state index in [-0.39, 0.29) is 5.60 Å². The minimum Gasteiger partial charge on any atom is -0.487 e. The SMILES string of the molecule is Cc1cc(C)c2c(c1)OC(C)(C)CC2NCc1ccncc1. The van der Waals surface area contributed by atoms with Gasteiger partial charge in [-0.05, 0) is 62.6 Å². The third kappa shape index (κ3) is 3.14. The molecule has 1 N–H and O–H groups in total. The summed E-state index contributed by atoms with van der Waals surface area (Å²) in [6.45, 7) is 9.46. The van der Waals surface area contributed by atoms with Crippen LogP contribution in [0.25, 0.3) is 0 Å². The van der Waals surface area contributed by atoms with Crippen molar-refractivity contribution in [2.75, 3.05) is 0 Å². The first kappa shape index (κ1) is 15.0. The fraction of sp³-hybridized carbons (Fsp3) is 0.421. The molecular weight excluding hydrogens is 272 g/mol. The number of hydrogen-bond donors (Lipinski definition) is 1. The summed E-state index contributed by atoms with van der Waals surface area (Å²) in [6.07, 6.45) is 4.65. The molecule has 1 unspecified atom stereocenters. The number of benzene rings is 1. The molecule has 1 aromatic heterocycles. The smallest absolute Gasteiger partial charge is 0.125 e. The van der Waals surface area contributed by atoms with E-state index in [1.54, 1.807) is 0 Å². The van der Waals surface area contributed by atoms with Crippen molar-refractivity contribution in [1.82, 2.24) is 10.3 Å². The molecule has 0 radical (unpaired) electrons. The fourth-order valence-electron chi connectivity index (χ4n) is 3.32. The van der Waals surface area contributed by atoms with E-state index in [1.807, 2.05) is 12.4 Å². The second kappa shape index (κ2) is 5.73. The van der Waals surface area contributed by atoms with Crippen LogP contribution in [0.4, 0.5) is 0 Å². The van der Waals surface area contributed by atoms with Crippen LogP contribution < -0.4 is 10.1 Å². The van der Waals surface area contributed by atoms with E-state index in [9.17, 15) is 0 Å². The number of nitrogens with zero attached hydrogens (tertiary/aromatic N) is 1. The average Bonchev–Trinajstić information content (AvgIpc) is 2.43. The van der Waals surface area contributed by atoms with Gasteiger partial charge in [0, 0.05) is 37.0 Å². The Labute approximate surface area is 132 Å². The molecule has 0 fully saturated rings. The first-order valence-electron chi connectivity index (χ1n) is 7.87. The molecule has 1 aliphatic rings. The largest absolute Gasteiger partial charge is 0.487 e. The molecule has 1 atom stereocenters. The van der Waals surface area contributed by atoms with Gasteiger partial charge in [0.2, 0.25) is 0 Å². The predicted molar refractivity (Wildman–Crippen MR) is 89.1 cm³/mol. The number of aryl methyl sites for hydroxylation is 2. The number of pyridine rings is 1. The highest BCUT2D eigenvalue weighted by atomic mass is 16.5. The molecule has 0 saturated heterocycles. The molecule has 22 heavy (non-hydrogen) atoms. The summed E-state index contributed by atoms with van der Waals surface area (Å²) in [5.41, 5.74) is 4.97. The van der Waals surface area contributed by atoms with Crippen LogP contribution in [0.2, 0.25) is 0 Å². The molecular formula is C19H24N2O. The van der Waals surface area contributed by atoms with Gasteiger partial charge in [-0.25, -0.2) is 0 Å². The molecule has 1 aliphatic heterocycles. The van der Waals surface area contributed by atoms with Crippen molar-refractivity contribution in [1.29, 1.82) is 0 Å². The van der Waals surface area contributed by atoms with E-state index < -0.39 is 0 Å². The average molecular weight is 296 g/mol. The standard InChI is InChI=1S/C19H24N2O/c1-13-9-14(2)18-16(11-19(3,4)22-17(18)10-13)21-12-15-5-7-20-8-6-15/h5-10,16,21H,11-12H2,1-4H3. The van der Waals surface area contributed by atoms with Crippen LogP contribution in [0.3, 0.4) is 0 Å². The van der Waals surface area contributed by atoms with Gasteiger partial charge in [0.25, 0.3) is 0 Å². The summed E-state index contributed by atoms with van der Waals surface area (Å²) in [7, 11) is 0. The summed E-state index contributed by atoms with van der Waals surface area (Å²) >= 11 is 0. The van der Waals surface area contributed by atoms with Crippen molar-refractivity contribution in [3.05, 3.63) is 58.9 Å². The quantitative estimate of drug-likeness (QED) is 0.926. The van der Waals surface area contributed by atoms with Gasteiger partial charge in [0.1, 0.15) is 11.4 Å². The Bertz CT molecular complexity index is 665. The second-order valence-electron chi connectivity index (χ2n) is 6.85. The van der Waals surface area contributed by atoms with Crippen LogP contribution in [0, 0.1) is 13.8 Å². The molecule has 2 heterocycles. The van der Waals surface area contributed by atoms with Gasteiger partial charge in [-0.2, -0.15) is 0 Å². The molecule has 1 aromatic carbocycles. The molecule has 0 amide bonds. The lowest BCUT2D eigenvalue weighted by molar-refractivity contribution is 0.0653. The molecule has 116 valence electrons. The minimum atomic E-state index is -0.150. The van der Waals surface area contributed by atoms with Gasteiger partial charge in [-0.3, -0.25) is 4.98 Å². The number of hydrogen-bond acceptors (Lipinski definition) is 3. The van der Waals surface area contributed by atoms with E-state index in [0.717, 1.165) is 18.7 Å². The maximum absolute atomic E-state index is 6.21. The number of fused-ring (bicyclic) bond motifs is 1. The predicted octanol–water partition coefficient (Wildman–Crippen LogP) is 4.09.